The number of rotatable bonds is 7. The second-order valence-electron chi connectivity index (χ2n) is 8.78. The van der Waals surface area contributed by atoms with Crippen molar-refractivity contribution in [2.75, 3.05) is 17.3 Å². The summed E-state index contributed by atoms with van der Waals surface area (Å²) in [5, 5.41) is 39.5. The number of hydrogen-bond acceptors (Lipinski definition) is 7. The van der Waals surface area contributed by atoms with Gasteiger partial charge in [0, 0.05) is 30.8 Å². The molecule has 0 bridgehead atoms. The standard InChI is InChI=1S/C28H21F3N4O6/c1-13(36)18-11-24(38)21(25(33)26(39)34-23-7-4-15(12-32)8-20(23)27(40)41)10-19(18)17-6-5-16(35(3)14(2)37)9-22(17)28(29,30)31/h4-11,33,38H,1-3H3,(H,34,39)(H,40,41). The molecule has 0 fully saturated rings. The predicted octanol–water partition coefficient (Wildman–Crippen LogP) is 4.84. The molecular weight excluding hydrogens is 545 g/mol. The normalized spacial score (nSPS) is 10.9. The monoisotopic (exact) mass is 566 g/mol. The van der Waals surface area contributed by atoms with E-state index in [-0.39, 0.29) is 28.1 Å². The zero-order chi connectivity index (χ0) is 30.8. The topological polar surface area (TPSA) is 172 Å². The number of ketones is 1. The number of alkyl halides is 3. The van der Waals surface area contributed by atoms with Crippen molar-refractivity contribution < 1.29 is 42.6 Å². The number of amides is 2. The number of carbonyl (C=O) groups is 4. The lowest BCUT2D eigenvalue weighted by atomic mass is 9.90. The molecule has 0 unspecified atom stereocenters. The Balaban J connectivity index is 2.17. The molecule has 4 N–H and O–H groups in total. The molecule has 3 rings (SSSR count). The molecule has 0 aromatic heterocycles. The van der Waals surface area contributed by atoms with Crippen molar-refractivity contribution in [1.82, 2.24) is 0 Å². The van der Waals surface area contributed by atoms with Crippen LogP contribution in [-0.4, -0.2) is 46.5 Å². The number of carboxylic acid groups (broad SMARTS) is 1. The van der Waals surface area contributed by atoms with E-state index in [0.29, 0.717) is 6.07 Å². The molecule has 0 atom stereocenters. The van der Waals surface area contributed by atoms with Crippen LogP contribution < -0.4 is 10.2 Å². The molecule has 3 aromatic rings. The minimum Gasteiger partial charge on any atom is -0.507 e. The quantitative estimate of drug-likeness (QED) is 0.234. The van der Waals surface area contributed by atoms with Crippen LogP contribution >= 0.6 is 0 Å². The van der Waals surface area contributed by atoms with Gasteiger partial charge in [0.25, 0.3) is 5.91 Å². The van der Waals surface area contributed by atoms with E-state index in [1.54, 1.807) is 6.07 Å². The van der Waals surface area contributed by atoms with Crippen molar-refractivity contribution in [1.29, 1.82) is 10.7 Å². The second kappa shape index (κ2) is 11.3. The number of phenolic OH excluding ortho intramolecular Hbond substituents is 1. The van der Waals surface area contributed by atoms with Gasteiger partial charge in [0.1, 0.15) is 11.5 Å². The maximum atomic E-state index is 14.2. The smallest absolute Gasteiger partial charge is 0.417 e. The van der Waals surface area contributed by atoms with Crippen LogP contribution in [0.25, 0.3) is 11.1 Å². The maximum Gasteiger partial charge on any atom is 0.417 e. The van der Waals surface area contributed by atoms with Gasteiger partial charge in [0.2, 0.25) is 5.91 Å². The fourth-order valence-corrected chi connectivity index (χ4v) is 3.90. The first-order valence-corrected chi connectivity index (χ1v) is 11.6. The van der Waals surface area contributed by atoms with E-state index < -0.39 is 63.5 Å². The molecule has 41 heavy (non-hydrogen) atoms. The number of carbonyl (C=O) groups excluding carboxylic acids is 3. The molecular formula is C28H21F3N4O6. The van der Waals surface area contributed by atoms with Crippen molar-refractivity contribution in [3.63, 3.8) is 0 Å². The van der Waals surface area contributed by atoms with Gasteiger partial charge in [0.05, 0.1) is 28.4 Å². The van der Waals surface area contributed by atoms with Gasteiger partial charge in [-0.3, -0.25) is 19.8 Å². The van der Waals surface area contributed by atoms with E-state index >= 15 is 0 Å². The molecule has 0 aliphatic rings. The Kier molecular flexibility index (Phi) is 8.28. The van der Waals surface area contributed by atoms with Gasteiger partial charge in [0.15, 0.2) is 5.78 Å². The second-order valence-corrected chi connectivity index (χ2v) is 8.78. The number of hydrogen-bond donors (Lipinski definition) is 4. The number of nitriles is 1. The van der Waals surface area contributed by atoms with Crippen LogP contribution in [0.2, 0.25) is 0 Å². The number of carboxylic acids is 1. The largest absolute Gasteiger partial charge is 0.507 e. The van der Waals surface area contributed by atoms with Crippen LogP contribution in [0.5, 0.6) is 5.75 Å². The highest BCUT2D eigenvalue weighted by atomic mass is 19.4. The molecule has 0 radical (unpaired) electrons. The van der Waals surface area contributed by atoms with E-state index in [2.05, 4.69) is 5.32 Å². The first kappa shape index (κ1) is 30.0. The molecule has 0 saturated carbocycles. The zero-order valence-electron chi connectivity index (χ0n) is 21.7. The van der Waals surface area contributed by atoms with E-state index in [0.717, 1.165) is 49.1 Å². The fraction of sp³-hybridized carbons (Fsp3) is 0.143. The molecule has 0 aliphatic carbocycles. The Hall–Kier alpha value is -5.51. The van der Waals surface area contributed by atoms with Crippen molar-refractivity contribution in [3.8, 4) is 22.9 Å². The number of halogens is 3. The average Bonchev–Trinajstić information content (AvgIpc) is 2.91. The average molecular weight is 566 g/mol. The number of aromatic carboxylic acids is 1. The summed E-state index contributed by atoms with van der Waals surface area (Å²) in [6.07, 6.45) is -4.96. The summed E-state index contributed by atoms with van der Waals surface area (Å²) < 4.78 is 42.5. The summed E-state index contributed by atoms with van der Waals surface area (Å²) in [6.45, 7) is 2.22. The van der Waals surface area contributed by atoms with Gasteiger partial charge in [-0.25, -0.2) is 4.79 Å². The van der Waals surface area contributed by atoms with Gasteiger partial charge in [-0.1, -0.05) is 6.07 Å². The number of anilines is 2. The third-order valence-corrected chi connectivity index (χ3v) is 6.10. The van der Waals surface area contributed by atoms with Crippen molar-refractivity contribution in [2.24, 2.45) is 0 Å². The van der Waals surface area contributed by atoms with Gasteiger partial charge in [-0.05, 0) is 60.5 Å². The number of nitrogens with one attached hydrogen (secondary N) is 2. The lowest BCUT2D eigenvalue weighted by Gasteiger charge is -2.21. The van der Waals surface area contributed by atoms with Crippen LogP contribution in [0, 0.1) is 16.7 Å². The summed E-state index contributed by atoms with van der Waals surface area (Å²) in [7, 11) is 1.28. The molecule has 13 heteroatoms. The zero-order valence-corrected chi connectivity index (χ0v) is 21.7. The summed E-state index contributed by atoms with van der Waals surface area (Å²) >= 11 is 0. The van der Waals surface area contributed by atoms with Gasteiger partial charge < -0.3 is 20.4 Å². The van der Waals surface area contributed by atoms with Crippen LogP contribution in [0.15, 0.2) is 48.5 Å². The van der Waals surface area contributed by atoms with Crippen LogP contribution in [0.3, 0.4) is 0 Å². The molecule has 2 amide bonds. The first-order chi connectivity index (χ1) is 19.1. The SMILES string of the molecule is CC(=O)c1cc(O)c(C(=N)C(=O)Nc2ccc(C#N)cc2C(=O)O)cc1-c1ccc(N(C)C(C)=O)cc1C(F)(F)F. The number of aromatic hydroxyl groups is 1. The molecule has 0 heterocycles. The predicted molar refractivity (Wildman–Crippen MR) is 141 cm³/mol. The highest BCUT2D eigenvalue weighted by molar-refractivity contribution is 6.48. The Morgan fingerprint density at radius 1 is 0.951 bits per heavy atom. The Labute approximate surface area is 230 Å². The number of phenols is 1. The van der Waals surface area contributed by atoms with E-state index in [1.807, 2.05) is 0 Å². The molecule has 0 aliphatic heterocycles. The Morgan fingerprint density at radius 3 is 2.15 bits per heavy atom. The van der Waals surface area contributed by atoms with Crippen molar-refractivity contribution >= 4 is 40.7 Å². The number of Topliss-reactive ketones (excluding diaryl/α,β-unsaturated/α-hetero) is 1. The minimum absolute atomic E-state index is 0.0152. The van der Waals surface area contributed by atoms with E-state index in [9.17, 15) is 42.6 Å². The summed E-state index contributed by atoms with van der Waals surface area (Å²) in [6, 6.07) is 9.74. The molecule has 0 saturated heterocycles. The highest BCUT2D eigenvalue weighted by Gasteiger charge is 2.36. The number of benzene rings is 3. The lowest BCUT2D eigenvalue weighted by molar-refractivity contribution is -0.137. The van der Waals surface area contributed by atoms with E-state index in [4.69, 9.17) is 10.7 Å². The van der Waals surface area contributed by atoms with Crippen LogP contribution in [-0.2, 0) is 15.8 Å². The first-order valence-electron chi connectivity index (χ1n) is 11.6. The molecule has 10 nitrogen and oxygen atoms in total. The fourth-order valence-electron chi connectivity index (χ4n) is 3.90. The van der Waals surface area contributed by atoms with E-state index in [1.165, 1.54) is 19.2 Å². The summed E-state index contributed by atoms with van der Waals surface area (Å²) in [5.41, 5.74) is -4.77. The highest BCUT2D eigenvalue weighted by Crippen LogP contribution is 2.42. The van der Waals surface area contributed by atoms with Crippen molar-refractivity contribution in [2.45, 2.75) is 20.0 Å². The number of nitrogens with zero attached hydrogens (tertiary/aromatic N) is 2. The van der Waals surface area contributed by atoms with Gasteiger partial charge >= 0.3 is 12.1 Å². The van der Waals surface area contributed by atoms with Crippen LogP contribution in [0.1, 0.15) is 51.3 Å². The Morgan fingerprint density at radius 2 is 1.61 bits per heavy atom. The molecule has 0 spiro atoms. The molecule has 210 valence electrons. The summed E-state index contributed by atoms with van der Waals surface area (Å²) in [5.74, 6) is -4.74. The lowest BCUT2D eigenvalue weighted by Crippen LogP contribution is -2.24. The molecule has 3 aromatic carbocycles. The van der Waals surface area contributed by atoms with Crippen LogP contribution in [0.4, 0.5) is 24.5 Å². The van der Waals surface area contributed by atoms with Gasteiger partial charge in [-0.15, -0.1) is 0 Å². The third-order valence-electron chi connectivity index (χ3n) is 6.10. The minimum atomic E-state index is -4.96. The van der Waals surface area contributed by atoms with Crippen molar-refractivity contribution in [3.05, 3.63) is 76.3 Å². The van der Waals surface area contributed by atoms with Gasteiger partial charge in [-0.2, -0.15) is 18.4 Å². The maximum absolute atomic E-state index is 14.2. The Bertz CT molecular complexity index is 1670. The summed E-state index contributed by atoms with van der Waals surface area (Å²) in [4.78, 5) is 49.5. The third kappa shape index (κ3) is 6.22.